The molecule has 0 heterocycles. The maximum atomic E-state index is 10.3. The molecule has 0 spiro atoms. The zero-order chi connectivity index (χ0) is 19.9. The van der Waals surface area contributed by atoms with E-state index in [-0.39, 0.29) is 0 Å². The van der Waals surface area contributed by atoms with Crippen molar-refractivity contribution in [3.05, 3.63) is 0 Å². The lowest BCUT2D eigenvalue weighted by Crippen LogP contribution is -2.42. The highest BCUT2D eigenvalue weighted by Crippen LogP contribution is 2.15. The number of carbonyl (C=O) groups is 4. The quantitative estimate of drug-likeness (QED) is 0.306. The van der Waals surface area contributed by atoms with Crippen molar-refractivity contribution < 1.29 is 44.7 Å². The van der Waals surface area contributed by atoms with Gasteiger partial charge in [-0.05, 0) is 6.42 Å². The molecule has 0 amide bonds. The van der Waals surface area contributed by atoms with Crippen molar-refractivity contribution in [3.8, 4) is 0 Å². The molecule has 0 saturated heterocycles. The molecule has 0 saturated carbocycles. The summed E-state index contributed by atoms with van der Waals surface area (Å²) in [5.41, 5.74) is -2.74. The second-order valence-electron chi connectivity index (χ2n) is 5.74. The Hall–Kier alpha value is -2.16. The Balaban J connectivity index is 0. The van der Waals surface area contributed by atoms with Crippen LogP contribution >= 0.6 is 0 Å². The molecule has 0 aliphatic heterocycles. The summed E-state index contributed by atoms with van der Waals surface area (Å²) >= 11 is 0. The van der Waals surface area contributed by atoms with Gasteiger partial charge in [0.05, 0.1) is 12.8 Å². The number of aliphatic carboxylic acids is 4. The van der Waals surface area contributed by atoms with Crippen molar-refractivity contribution in [1.29, 1.82) is 0 Å². The van der Waals surface area contributed by atoms with E-state index in [2.05, 4.69) is 6.92 Å². The van der Waals surface area contributed by atoms with E-state index in [9.17, 15) is 19.2 Å². The molecule has 9 heteroatoms. The second-order valence-corrected chi connectivity index (χ2v) is 5.74. The van der Waals surface area contributed by atoms with Crippen LogP contribution in [0, 0.1) is 0 Å². The Bertz CT molecular complexity index is 415. The van der Waals surface area contributed by atoms with Crippen LogP contribution in [-0.2, 0) is 19.2 Å². The minimum atomic E-state index is -2.74. The minimum absolute atomic E-state index is 0.341. The number of carboxylic acid groups (broad SMARTS) is 4. The molecule has 0 radical (unpaired) electrons. The first-order chi connectivity index (χ1) is 11.5. The van der Waals surface area contributed by atoms with Crippen LogP contribution in [0.3, 0.4) is 0 Å². The molecule has 146 valence electrons. The summed E-state index contributed by atoms with van der Waals surface area (Å²) in [4.78, 5) is 40.6. The summed E-state index contributed by atoms with van der Waals surface area (Å²) < 4.78 is 0. The molecule has 25 heavy (non-hydrogen) atoms. The monoisotopic (exact) mass is 364 g/mol. The summed E-state index contributed by atoms with van der Waals surface area (Å²) in [6.07, 6.45) is 6.35. The molecule has 0 aromatic rings. The fourth-order valence-corrected chi connectivity index (χ4v) is 1.95. The third kappa shape index (κ3) is 16.5. The number of hydrogen-bond acceptors (Lipinski definition) is 5. The lowest BCUT2D eigenvalue weighted by molar-refractivity contribution is -0.170. The van der Waals surface area contributed by atoms with E-state index in [0.29, 0.717) is 6.42 Å². The molecule has 0 aromatic carbocycles. The van der Waals surface area contributed by atoms with Crippen LogP contribution in [0.4, 0.5) is 0 Å². The zero-order valence-electron chi connectivity index (χ0n) is 14.4. The molecular formula is C16H28O9. The molecule has 9 nitrogen and oxygen atoms in total. The van der Waals surface area contributed by atoms with Gasteiger partial charge in [0.2, 0.25) is 0 Å². The van der Waals surface area contributed by atoms with Crippen molar-refractivity contribution in [2.45, 2.75) is 76.7 Å². The van der Waals surface area contributed by atoms with Crippen molar-refractivity contribution in [3.63, 3.8) is 0 Å². The highest BCUT2D eigenvalue weighted by atomic mass is 16.4. The van der Waals surface area contributed by atoms with Gasteiger partial charge in [-0.3, -0.25) is 14.4 Å². The fraction of sp³-hybridized carbons (Fsp3) is 0.750. The normalized spacial score (nSPS) is 10.5. The van der Waals surface area contributed by atoms with Crippen LogP contribution in [0.15, 0.2) is 0 Å². The van der Waals surface area contributed by atoms with Crippen molar-refractivity contribution in [2.24, 2.45) is 0 Å². The largest absolute Gasteiger partial charge is 0.481 e. The second kappa shape index (κ2) is 14.2. The molecule has 0 atom stereocenters. The molecule has 0 aromatic heterocycles. The van der Waals surface area contributed by atoms with Crippen LogP contribution in [0.2, 0.25) is 0 Å². The van der Waals surface area contributed by atoms with E-state index < -0.39 is 42.3 Å². The maximum Gasteiger partial charge on any atom is 0.336 e. The number of aliphatic hydroxyl groups is 1. The Morgan fingerprint density at radius 3 is 1.40 bits per heavy atom. The zero-order valence-corrected chi connectivity index (χ0v) is 14.4. The van der Waals surface area contributed by atoms with Crippen LogP contribution < -0.4 is 0 Å². The van der Waals surface area contributed by atoms with Gasteiger partial charge in [-0.25, -0.2) is 4.79 Å². The summed E-state index contributed by atoms with van der Waals surface area (Å²) in [7, 11) is 0. The Morgan fingerprint density at radius 2 is 1.08 bits per heavy atom. The Morgan fingerprint density at radius 1 is 0.680 bits per heavy atom. The average molecular weight is 364 g/mol. The highest BCUT2D eigenvalue weighted by molar-refractivity contribution is 5.88. The van der Waals surface area contributed by atoms with Crippen molar-refractivity contribution in [1.82, 2.24) is 0 Å². The number of carboxylic acids is 4. The van der Waals surface area contributed by atoms with Gasteiger partial charge in [0, 0.05) is 6.42 Å². The maximum absolute atomic E-state index is 10.3. The molecule has 0 unspecified atom stereocenters. The van der Waals surface area contributed by atoms with Crippen LogP contribution in [0.5, 0.6) is 0 Å². The smallest absolute Gasteiger partial charge is 0.336 e. The Labute approximate surface area is 146 Å². The predicted octanol–water partition coefficient (Wildman–Crippen LogP) is 1.96. The van der Waals surface area contributed by atoms with Gasteiger partial charge in [0.15, 0.2) is 5.60 Å². The van der Waals surface area contributed by atoms with Gasteiger partial charge in [0.1, 0.15) is 0 Å². The van der Waals surface area contributed by atoms with E-state index in [1.807, 2.05) is 0 Å². The molecule has 5 N–H and O–H groups in total. The minimum Gasteiger partial charge on any atom is -0.481 e. The summed E-state index contributed by atoms with van der Waals surface area (Å²) in [5.74, 6) is -5.68. The Kier molecular flexibility index (Phi) is 14.3. The number of rotatable bonds is 13. The van der Waals surface area contributed by atoms with Crippen LogP contribution in [0.25, 0.3) is 0 Å². The third-order valence-electron chi connectivity index (χ3n) is 3.28. The van der Waals surface area contributed by atoms with Gasteiger partial charge < -0.3 is 25.5 Å². The molecular weight excluding hydrogens is 336 g/mol. The van der Waals surface area contributed by atoms with Gasteiger partial charge >= 0.3 is 23.9 Å². The van der Waals surface area contributed by atoms with Gasteiger partial charge in [0.25, 0.3) is 0 Å². The summed E-state index contributed by atoms with van der Waals surface area (Å²) in [6.45, 7) is 2.20. The molecule has 0 aliphatic carbocycles. The first-order valence-corrected chi connectivity index (χ1v) is 8.16. The molecule has 0 bridgehead atoms. The van der Waals surface area contributed by atoms with Crippen molar-refractivity contribution in [2.75, 3.05) is 0 Å². The number of hydrogen-bond donors (Lipinski definition) is 5. The SMILES string of the molecule is CCCCCCCCCC(=O)O.O=C(O)CC(O)(CC(=O)O)C(=O)O. The predicted molar refractivity (Wildman–Crippen MR) is 87.3 cm³/mol. The molecule has 0 aliphatic rings. The first-order valence-electron chi connectivity index (χ1n) is 8.16. The summed E-state index contributed by atoms with van der Waals surface area (Å²) in [6, 6.07) is 0. The molecule has 0 rings (SSSR count). The van der Waals surface area contributed by atoms with E-state index in [1.54, 1.807) is 0 Å². The molecule has 0 fully saturated rings. The average Bonchev–Trinajstić information content (AvgIpc) is 2.44. The lowest BCUT2D eigenvalue weighted by atomic mass is 9.96. The van der Waals surface area contributed by atoms with E-state index in [4.69, 9.17) is 25.5 Å². The first kappa shape index (κ1) is 25.1. The van der Waals surface area contributed by atoms with E-state index >= 15 is 0 Å². The van der Waals surface area contributed by atoms with Crippen LogP contribution in [0.1, 0.15) is 71.1 Å². The van der Waals surface area contributed by atoms with Gasteiger partial charge in [-0.15, -0.1) is 0 Å². The van der Waals surface area contributed by atoms with Crippen molar-refractivity contribution >= 4 is 23.9 Å². The summed E-state index contributed by atoms with van der Waals surface area (Å²) in [5, 5.41) is 42.2. The fourth-order valence-electron chi connectivity index (χ4n) is 1.95. The third-order valence-corrected chi connectivity index (χ3v) is 3.28. The van der Waals surface area contributed by atoms with E-state index in [1.165, 1.54) is 32.1 Å². The number of unbranched alkanes of at least 4 members (excludes halogenated alkanes) is 6. The van der Waals surface area contributed by atoms with E-state index in [0.717, 1.165) is 12.8 Å². The topological polar surface area (TPSA) is 169 Å². The van der Waals surface area contributed by atoms with Gasteiger partial charge in [-0.2, -0.15) is 0 Å². The lowest BCUT2D eigenvalue weighted by Gasteiger charge is -2.18. The highest BCUT2D eigenvalue weighted by Gasteiger charge is 2.40. The standard InChI is InChI=1S/C10H20O2.C6H8O7/c1-2-3-4-5-6-7-8-9-10(11)12;7-3(8)1-6(13,5(11)12)2-4(9)10/h2-9H2,1H3,(H,11,12);13H,1-2H2,(H,7,8)(H,9,10)(H,11,12). The van der Waals surface area contributed by atoms with Gasteiger partial charge in [-0.1, -0.05) is 45.4 Å². The van der Waals surface area contributed by atoms with Crippen LogP contribution in [-0.4, -0.2) is 55.0 Å².